The van der Waals surface area contributed by atoms with Gasteiger partial charge in [0.1, 0.15) is 5.82 Å². The summed E-state index contributed by atoms with van der Waals surface area (Å²) in [6.45, 7) is 8.05. The number of piperidine rings is 1. The Bertz CT molecular complexity index is 685. The third kappa shape index (κ3) is 3.65. The van der Waals surface area contributed by atoms with Crippen molar-refractivity contribution in [2.24, 2.45) is 5.92 Å². The summed E-state index contributed by atoms with van der Waals surface area (Å²) in [4.78, 5) is 16.1. The fourth-order valence-corrected chi connectivity index (χ4v) is 3.65. The van der Waals surface area contributed by atoms with Crippen LogP contribution in [0.2, 0.25) is 0 Å². The molecular weight excluding hydrogens is 314 g/mol. The molecule has 0 spiro atoms. The molecule has 1 unspecified atom stereocenters. The minimum absolute atomic E-state index is 0.717. The van der Waals surface area contributed by atoms with E-state index in [2.05, 4.69) is 42.9 Å². The predicted molar refractivity (Wildman–Crippen MR) is 99.1 cm³/mol. The van der Waals surface area contributed by atoms with Gasteiger partial charge < -0.3 is 14.7 Å². The Morgan fingerprint density at radius 3 is 2.56 bits per heavy atom. The standard InChI is InChI=1S/C18H25N7/c1-15-5-4-8-25(14-15)17-13-20-22-18(21-17)24-11-9-23(10-12-24)16-6-2-3-7-19-16/h2-3,6-7,13,15H,4-5,8-12,14H2,1H3. The first-order valence-electron chi connectivity index (χ1n) is 9.15. The Balaban J connectivity index is 1.42. The van der Waals surface area contributed by atoms with Crippen molar-refractivity contribution in [3.05, 3.63) is 30.6 Å². The van der Waals surface area contributed by atoms with E-state index < -0.39 is 0 Å². The number of pyridine rings is 1. The minimum Gasteiger partial charge on any atom is -0.355 e. The van der Waals surface area contributed by atoms with Crippen molar-refractivity contribution in [1.82, 2.24) is 20.2 Å². The van der Waals surface area contributed by atoms with Crippen LogP contribution in [0.15, 0.2) is 30.6 Å². The first kappa shape index (κ1) is 16.1. The quantitative estimate of drug-likeness (QED) is 0.845. The van der Waals surface area contributed by atoms with E-state index in [9.17, 15) is 0 Å². The van der Waals surface area contributed by atoms with Crippen molar-refractivity contribution in [1.29, 1.82) is 0 Å². The van der Waals surface area contributed by atoms with Gasteiger partial charge in [-0.05, 0) is 30.9 Å². The van der Waals surface area contributed by atoms with Crippen molar-refractivity contribution >= 4 is 17.6 Å². The number of anilines is 3. The smallest absolute Gasteiger partial charge is 0.247 e. The molecule has 2 saturated heterocycles. The molecule has 0 aliphatic carbocycles. The highest BCUT2D eigenvalue weighted by Gasteiger charge is 2.22. The van der Waals surface area contributed by atoms with Gasteiger partial charge in [0.05, 0.1) is 6.20 Å². The largest absolute Gasteiger partial charge is 0.355 e. The van der Waals surface area contributed by atoms with Crippen LogP contribution in [0.25, 0.3) is 0 Å². The zero-order valence-electron chi connectivity index (χ0n) is 14.8. The van der Waals surface area contributed by atoms with Crippen LogP contribution in [0.1, 0.15) is 19.8 Å². The topological polar surface area (TPSA) is 61.3 Å². The summed E-state index contributed by atoms with van der Waals surface area (Å²) in [6.07, 6.45) is 6.17. The van der Waals surface area contributed by atoms with Crippen LogP contribution in [0.5, 0.6) is 0 Å². The molecule has 132 valence electrons. The summed E-state index contributed by atoms with van der Waals surface area (Å²) in [7, 11) is 0. The van der Waals surface area contributed by atoms with Gasteiger partial charge in [-0.15, -0.1) is 5.10 Å². The Morgan fingerprint density at radius 2 is 1.80 bits per heavy atom. The van der Waals surface area contributed by atoms with E-state index in [1.54, 1.807) is 6.20 Å². The number of hydrogen-bond acceptors (Lipinski definition) is 7. The molecule has 0 saturated carbocycles. The van der Waals surface area contributed by atoms with Gasteiger partial charge in [0.15, 0.2) is 5.82 Å². The Morgan fingerprint density at radius 1 is 0.960 bits per heavy atom. The molecule has 4 rings (SSSR count). The van der Waals surface area contributed by atoms with E-state index in [4.69, 9.17) is 4.98 Å². The molecule has 7 nitrogen and oxygen atoms in total. The molecule has 0 aromatic carbocycles. The minimum atomic E-state index is 0.717. The lowest BCUT2D eigenvalue weighted by Gasteiger charge is -2.36. The molecule has 2 aromatic rings. The molecule has 2 fully saturated rings. The van der Waals surface area contributed by atoms with E-state index >= 15 is 0 Å². The molecule has 0 amide bonds. The molecule has 7 heteroatoms. The lowest BCUT2D eigenvalue weighted by atomic mass is 10.0. The second kappa shape index (κ2) is 7.21. The number of piperazine rings is 1. The van der Waals surface area contributed by atoms with Crippen molar-refractivity contribution in [2.45, 2.75) is 19.8 Å². The van der Waals surface area contributed by atoms with Crippen molar-refractivity contribution in [2.75, 3.05) is 54.0 Å². The summed E-state index contributed by atoms with van der Waals surface area (Å²) in [5, 5.41) is 8.49. The number of aromatic nitrogens is 4. The van der Waals surface area contributed by atoms with Crippen molar-refractivity contribution in [3.8, 4) is 0 Å². The van der Waals surface area contributed by atoms with Crippen molar-refractivity contribution in [3.63, 3.8) is 0 Å². The average Bonchev–Trinajstić information content (AvgIpc) is 2.69. The monoisotopic (exact) mass is 339 g/mol. The molecule has 0 N–H and O–H groups in total. The van der Waals surface area contributed by atoms with E-state index in [-0.39, 0.29) is 0 Å². The second-order valence-electron chi connectivity index (χ2n) is 6.97. The SMILES string of the molecule is CC1CCCN(c2cnnc(N3CCN(c4ccccn4)CC3)n2)C1. The van der Waals surface area contributed by atoms with Crippen LogP contribution in [0.4, 0.5) is 17.6 Å². The molecule has 1 atom stereocenters. The third-order valence-electron chi connectivity index (χ3n) is 5.05. The normalized spacial score (nSPS) is 21.5. The number of hydrogen-bond donors (Lipinski definition) is 0. The first-order valence-corrected chi connectivity index (χ1v) is 9.15. The van der Waals surface area contributed by atoms with Crippen molar-refractivity contribution < 1.29 is 0 Å². The maximum Gasteiger partial charge on any atom is 0.247 e. The Kier molecular flexibility index (Phi) is 4.63. The summed E-state index contributed by atoms with van der Waals surface area (Å²) >= 11 is 0. The fourth-order valence-electron chi connectivity index (χ4n) is 3.65. The lowest BCUT2D eigenvalue weighted by Crippen LogP contribution is -2.47. The molecule has 4 heterocycles. The highest BCUT2D eigenvalue weighted by atomic mass is 15.4. The summed E-state index contributed by atoms with van der Waals surface area (Å²) in [6, 6.07) is 6.04. The van der Waals surface area contributed by atoms with Gasteiger partial charge in [-0.2, -0.15) is 10.1 Å². The Hall–Kier alpha value is -2.44. The summed E-state index contributed by atoms with van der Waals surface area (Å²) in [5.74, 6) is 3.46. The molecule has 0 bridgehead atoms. The molecule has 0 radical (unpaired) electrons. The summed E-state index contributed by atoms with van der Waals surface area (Å²) < 4.78 is 0. The average molecular weight is 339 g/mol. The highest BCUT2D eigenvalue weighted by molar-refractivity contribution is 5.45. The van der Waals surface area contributed by atoms with Crippen LogP contribution < -0.4 is 14.7 Å². The Labute approximate surface area is 148 Å². The summed E-state index contributed by atoms with van der Waals surface area (Å²) in [5.41, 5.74) is 0. The van der Waals surface area contributed by atoms with E-state index in [1.807, 2.05) is 18.3 Å². The van der Waals surface area contributed by atoms with Gasteiger partial charge in [0, 0.05) is 45.5 Å². The molecule has 2 aliphatic rings. The highest BCUT2D eigenvalue weighted by Crippen LogP contribution is 2.22. The van der Waals surface area contributed by atoms with E-state index in [0.29, 0.717) is 5.92 Å². The van der Waals surface area contributed by atoms with Crippen LogP contribution in [-0.2, 0) is 0 Å². The van der Waals surface area contributed by atoms with Gasteiger partial charge in [-0.3, -0.25) is 0 Å². The zero-order valence-corrected chi connectivity index (χ0v) is 14.8. The van der Waals surface area contributed by atoms with Crippen LogP contribution >= 0.6 is 0 Å². The van der Waals surface area contributed by atoms with E-state index in [0.717, 1.165) is 56.9 Å². The van der Waals surface area contributed by atoms with Crippen LogP contribution in [0, 0.1) is 5.92 Å². The van der Waals surface area contributed by atoms with Gasteiger partial charge in [0.2, 0.25) is 5.95 Å². The van der Waals surface area contributed by atoms with Gasteiger partial charge >= 0.3 is 0 Å². The molecule has 2 aliphatic heterocycles. The maximum absolute atomic E-state index is 4.80. The van der Waals surface area contributed by atoms with Crippen LogP contribution in [0.3, 0.4) is 0 Å². The van der Waals surface area contributed by atoms with Gasteiger partial charge in [-0.1, -0.05) is 13.0 Å². The zero-order chi connectivity index (χ0) is 17.1. The molecule has 2 aromatic heterocycles. The second-order valence-corrected chi connectivity index (χ2v) is 6.97. The van der Waals surface area contributed by atoms with Gasteiger partial charge in [-0.25, -0.2) is 4.98 Å². The third-order valence-corrected chi connectivity index (χ3v) is 5.05. The first-order chi connectivity index (χ1) is 12.3. The predicted octanol–water partition coefficient (Wildman–Crippen LogP) is 1.83. The maximum atomic E-state index is 4.80. The molecular formula is C18H25N7. The fraction of sp³-hybridized carbons (Fsp3) is 0.556. The number of rotatable bonds is 3. The lowest BCUT2D eigenvalue weighted by molar-refractivity contribution is 0.444. The molecule has 25 heavy (non-hydrogen) atoms. The van der Waals surface area contributed by atoms with Gasteiger partial charge in [0.25, 0.3) is 0 Å². The number of nitrogens with zero attached hydrogens (tertiary/aromatic N) is 7. The van der Waals surface area contributed by atoms with Crippen LogP contribution in [-0.4, -0.2) is 59.4 Å². The van der Waals surface area contributed by atoms with E-state index in [1.165, 1.54) is 12.8 Å².